The van der Waals surface area contributed by atoms with Gasteiger partial charge in [-0.3, -0.25) is 0 Å². The molecule has 28 heavy (non-hydrogen) atoms. The number of hydrogen-bond acceptors (Lipinski definition) is 4. The van der Waals surface area contributed by atoms with Crippen LogP contribution in [0.15, 0.2) is 59.8 Å². The molecule has 2 aromatic carbocycles. The summed E-state index contributed by atoms with van der Waals surface area (Å²) in [6.45, 7) is 0. The van der Waals surface area contributed by atoms with Gasteiger partial charge in [0, 0.05) is 22.2 Å². The summed E-state index contributed by atoms with van der Waals surface area (Å²) in [7, 11) is 0. The molecule has 0 spiro atoms. The molecule has 0 atom stereocenters. The van der Waals surface area contributed by atoms with Gasteiger partial charge < -0.3 is 0 Å². The van der Waals surface area contributed by atoms with Crippen molar-refractivity contribution in [2.45, 2.75) is 11.1 Å². The third-order valence-electron chi connectivity index (χ3n) is 4.16. The molecule has 0 saturated heterocycles. The third-order valence-corrected chi connectivity index (χ3v) is 4.90. The number of alkyl halides is 3. The lowest BCUT2D eigenvalue weighted by Crippen LogP contribution is -2.14. The molecule has 0 unspecified atom stereocenters. The number of fused-ring (bicyclic) bond motifs is 1. The first-order valence-electron chi connectivity index (χ1n) is 8.10. The molecule has 0 N–H and O–H groups in total. The van der Waals surface area contributed by atoms with Gasteiger partial charge in [-0.25, -0.2) is 18.9 Å². The van der Waals surface area contributed by atoms with E-state index in [0.717, 1.165) is 15.5 Å². The second-order valence-electron chi connectivity index (χ2n) is 5.90. The Balaban J connectivity index is 1.90. The summed E-state index contributed by atoms with van der Waals surface area (Å²) in [5.74, 6) is -0.697. The largest absolute Gasteiger partial charge is 0.435 e. The first-order chi connectivity index (χ1) is 13.4. The summed E-state index contributed by atoms with van der Waals surface area (Å²) in [5.41, 5.74) is -0.699. The second kappa shape index (κ2) is 6.90. The second-order valence-corrected chi connectivity index (χ2v) is 6.78. The Hall–Kier alpha value is -2.94. The maximum Gasteiger partial charge on any atom is 0.435 e. The first kappa shape index (κ1) is 18.4. The third kappa shape index (κ3) is 3.33. The molecule has 0 fully saturated rings. The Morgan fingerprint density at radius 3 is 2.39 bits per heavy atom. The average Bonchev–Trinajstić information content (AvgIpc) is 3.14. The van der Waals surface area contributed by atoms with Crippen molar-refractivity contribution in [2.24, 2.45) is 0 Å². The van der Waals surface area contributed by atoms with E-state index in [9.17, 15) is 17.6 Å². The number of imidazole rings is 1. The van der Waals surface area contributed by atoms with E-state index >= 15 is 0 Å². The molecular weight excluding hydrogens is 392 g/mol. The van der Waals surface area contributed by atoms with Gasteiger partial charge in [-0.15, -0.1) is 11.8 Å². The van der Waals surface area contributed by atoms with E-state index in [4.69, 9.17) is 0 Å². The van der Waals surface area contributed by atoms with Crippen LogP contribution in [0.1, 0.15) is 5.69 Å². The lowest BCUT2D eigenvalue weighted by molar-refractivity contribution is -0.140. The number of benzene rings is 2. The van der Waals surface area contributed by atoms with Crippen molar-refractivity contribution in [3.63, 3.8) is 0 Å². The van der Waals surface area contributed by atoms with E-state index in [1.807, 2.05) is 18.4 Å². The number of rotatable bonds is 3. The highest BCUT2D eigenvalue weighted by molar-refractivity contribution is 7.98. The van der Waals surface area contributed by atoms with E-state index in [2.05, 4.69) is 15.1 Å². The zero-order valence-corrected chi connectivity index (χ0v) is 15.2. The van der Waals surface area contributed by atoms with E-state index in [-0.39, 0.29) is 22.6 Å². The number of halogens is 4. The smallest absolute Gasteiger partial charge is 0.218 e. The summed E-state index contributed by atoms with van der Waals surface area (Å²) < 4.78 is 56.2. The zero-order valence-electron chi connectivity index (χ0n) is 14.4. The van der Waals surface area contributed by atoms with Gasteiger partial charge in [0.1, 0.15) is 11.5 Å². The van der Waals surface area contributed by atoms with Crippen LogP contribution in [0.3, 0.4) is 0 Å². The van der Waals surface area contributed by atoms with Crippen molar-refractivity contribution in [2.75, 3.05) is 6.26 Å². The van der Waals surface area contributed by atoms with Crippen molar-refractivity contribution in [1.82, 2.24) is 19.6 Å². The molecule has 0 amide bonds. The van der Waals surface area contributed by atoms with Crippen LogP contribution in [0.4, 0.5) is 17.6 Å². The van der Waals surface area contributed by atoms with Gasteiger partial charge in [-0.05, 0) is 42.2 Å². The molecule has 9 heteroatoms. The first-order valence-corrected chi connectivity index (χ1v) is 9.32. The predicted molar refractivity (Wildman–Crippen MR) is 98.4 cm³/mol. The molecule has 0 bridgehead atoms. The van der Waals surface area contributed by atoms with E-state index in [1.165, 1.54) is 36.3 Å². The van der Waals surface area contributed by atoms with Crippen molar-refractivity contribution in [3.8, 4) is 22.4 Å². The van der Waals surface area contributed by atoms with E-state index in [1.54, 1.807) is 12.1 Å². The Kier molecular flexibility index (Phi) is 4.54. The Bertz CT molecular complexity index is 1150. The lowest BCUT2D eigenvalue weighted by Gasteiger charge is -2.13. The van der Waals surface area contributed by atoms with Gasteiger partial charge in [-0.2, -0.15) is 18.3 Å². The molecule has 4 nitrogen and oxygen atoms in total. The van der Waals surface area contributed by atoms with Crippen LogP contribution in [0.5, 0.6) is 0 Å². The van der Waals surface area contributed by atoms with Gasteiger partial charge in [0.25, 0.3) is 5.78 Å². The Morgan fingerprint density at radius 2 is 1.71 bits per heavy atom. The molecule has 0 aliphatic heterocycles. The van der Waals surface area contributed by atoms with Gasteiger partial charge in [-0.1, -0.05) is 12.1 Å². The van der Waals surface area contributed by atoms with Gasteiger partial charge in [0.2, 0.25) is 0 Å². The van der Waals surface area contributed by atoms with Crippen LogP contribution in [0, 0.1) is 5.82 Å². The minimum Gasteiger partial charge on any atom is -0.218 e. The normalized spacial score (nSPS) is 11.9. The van der Waals surface area contributed by atoms with Crippen LogP contribution in [-0.2, 0) is 6.18 Å². The molecule has 4 rings (SSSR count). The number of hydrogen-bond donors (Lipinski definition) is 0. The monoisotopic (exact) mass is 404 g/mol. The average molecular weight is 404 g/mol. The number of thioether (sulfide) groups is 1. The van der Waals surface area contributed by atoms with Gasteiger partial charge in [0.15, 0.2) is 5.69 Å². The molecule has 2 heterocycles. The highest BCUT2D eigenvalue weighted by atomic mass is 32.2. The van der Waals surface area contributed by atoms with Crippen LogP contribution in [0.25, 0.3) is 28.2 Å². The number of aromatic nitrogens is 4. The summed E-state index contributed by atoms with van der Waals surface area (Å²) in [5, 5.41) is 4.01. The molecule has 0 saturated carbocycles. The van der Waals surface area contributed by atoms with Crippen LogP contribution >= 0.6 is 11.8 Å². The fourth-order valence-electron chi connectivity index (χ4n) is 2.81. The fourth-order valence-corrected chi connectivity index (χ4v) is 3.22. The van der Waals surface area contributed by atoms with E-state index < -0.39 is 17.7 Å². The summed E-state index contributed by atoms with van der Waals surface area (Å²) in [4.78, 5) is 8.35. The zero-order chi connectivity index (χ0) is 19.9. The molecule has 0 radical (unpaired) electrons. The van der Waals surface area contributed by atoms with Gasteiger partial charge >= 0.3 is 6.18 Å². The van der Waals surface area contributed by atoms with Crippen LogP contribution in [0.2, 0.25) is 0 Å². The fraction of sp³-hybridized carbons (Fsp3) is 0.105. The minimum atomic E-state index is -4.73. The Morgan fingerprint density at radius 1 is 1.00 bits per heavy atom. The SMILES string of the molecule is CSc1ccc(-c2cc(-c3nn4ccnc4nc3C(F)(F)F)ccc2F)cc1. The van der Waals surface area contributed by atoms with Crippen molar-refractivity contribution in [1.29, 1.82) is 0 Å². The minimum absolute atomic E-state index is 0.112. The van der Waals surface area contributed by atoms with E-state index in [0.29, 0.717) is 5.56 Å². The quantitative estimate of drug-likeness (QED) is 0.342. The van der Waals surface area contributed by atoms with Crippen LogP contribution in [-0.4, -0.2) is 25.8 Å². The molecule has 4 aromatic rings. The summed E-state index contributed by atoms with van der Waals surface area (Å²) in [6.07, 6.45) is -0.107. The van der Waals surface area contributed by atoms with Crippen molar-refractivity contribution in [3.05, 3.63) is 66.4 Å². The lowest BCUT2D eigenvalue weighted by atomic mass is 10.00. The van der Waals surface area contributed by atoms with Crippen LogP contribution < -0.4 is 0 Å². The maximum absolute atomic E-state index is 14.4. The molecule has 0 aliphatic carbocycles. The molecule has 0 aliphatic rings. The molecule has 2 aromatic heterocycles. The van der Waals surface area contributed by atoms with Crippen molar-refractivity contribution >= 4 is 17.5 Å². The summed E-state index contributed by atoms with van der Waals surface area (Å²) in [6, 6.07) is 10.8. The highest BCUT2D eigenvalue weighted by Crippen LogP contribution is 2.36. The van der Waals surface area contributed by atoms with Gasteiger partial charge in [0.05, 0.1) is 6.20 Å². The topological polar surface area (TPSA) is 43.1 Å². The Labute approximate surface area is 161 Å². The number of nitrogens with zero attached hydrogens (tertiary/aromatic N) is 4. The summed E-state index contributed by atoms with van der Waals surface area (Å²) >= 11 is 1.54. The standard InChI is InChI=1S/C19H12F4N4S/c1-28-13-5-2-11(3-6-13)14-10-12(4-7-15(14)20)16-17(19(21,22)23)25-18-24-8-9-27(18)26-16/h2-10H,1H3. The predicted octanol–water partition coefficient (Wildman–Crippen LogP) is 5.34. The maximum atomic E-state index is 14.4. The van der Waals surface area contributed by atoms with Crippen molar-refractivity contribution < 1.29 is 17.6 Å². The molecule has 142 valence electrons. The molecular formula is C19H12F4N4S. The highest BCUT2D eigenvalue weighted by Gasteiger charge is 2.37.